The van der Waals surface area contributed by atoms with E-state index in [1.54, 1.807) is 18.5 Å². The SMILES string of the molecule is CC(=O)c1c(C)nn(CCC(=O)N2C[C@@H](CS(=O)(=O)N(C)C)[C@H](O)C2)c1C. The van der Waals surface area contributed by atoms with Gasteiger partial charge < -0.3 is 10.0 Å². The van der Waals surface area contributed by atoms with Crippen molar-refractivity contribution in [2.45, 2.75) is 39.8 Å². The number of aliphatic hydroxyl groups is 1. The number of nitrogens with zero attached hydrogens (tertiary/aromatic N) is 4. The summed E-state index contributed by atoms with van der Waals surface area (Å²) >= 11 is 0. The van der Waals surface area contributed by atoms with Crippen LogP contribution >= 0.6 is 0 Å². The molecule has 9 nitrogen and oxygen atoms in total. The van der Waals surface area contributed by atoms with Crippen LogP contribution in [0.5, 0.6) is 0 Å². The lowest BCUT2D eigenvalue weighted by atomic mass is 10.1. The van der Waals surface area contributed by atoms with Gasteiger partial charge in [0.15, 0.2) is 5.78 Å². The number of hydrogen-bond acceptors (Lipinski definition) is 6. The Morgan fingerprint density at radius 2 is 1.89 bits per heavy atom. The maximum atomic E-state index is 12.5. The van der Waals surface area contributed by atoms with Crippen LogP contribution in [0.2, 0.25) is 0 Å². The predicted octanol–water partition coefficient (Wildman–Crippen LogP) is -0.197. The van der Waals surface area contributed by atoms with Gasteiger partial charge in [-0.15, -0.1) is 0 Å². The van der Waals surface area contributed by atoms with Gasteiger partial charge in [0.25, 0.3) is 0 Å². The number of hydrogen-bond donors (Lipinski definition) is 1. The normalized spacial score (nSPS) is 20.5. The number of carbonyl (C=O) groups is 2. The number of carbonyl (C=O) groups excluding carboxylic acids is 2. The molecule has 1 aliphatic heterocycles. The van der Waals surface area contributed by atoms with Crippen molar-refractivity contribution < 1.29 is 23.1 Å². The van der Waals surface area contributed by atoms with Gasteiger partial charge in [0.2, 0.25) is 15.9 Å². The molecule has 0 saturated carbocycles. The lowest BCUT2D eigenvalue weighted by Crippen LogP contribution is -2.33. The van der Waals surface area contributed by atoms with E-state index in [0.717, 1.165) is 10.00 Å². The number of sulfonamides is 1. The topological polar surface area (TPSA) is 113 Å². The second kappa shape index (κ2) is 8.07. The average Bonchev–Trinajstić information content (AvgIpc) is 3.04. The summed E-state index contributed by atoms with van der Waals surface area (Å²) in [6.45, 7) is 5.70. The lowest BCUT2D eigenvalue weighted by Gasteiger charge is -2.18. The molecular weight excluding hydrogens is 372 g/mol. The first-order valence-corrected chi connectivity index (χ1v) is 10.5. The molecule has 0 unspecified atom stereocenters. The van der Waals surface area contributed by atoms with E-state index >= 15 is 0 Å². The van der Waals surface area contributed by atoms with Crippen molar-refractivity contribution in [2.24, 2.45) is 5.92 Å². The quantitative estimate of drug-likeness (QED) is 0.635. The average molecular weight is 401 g/mol. The molecule has 10 heteroatoms. The minimum absolute atomic E-state index is 0.0600. The second-order valence-corrected chi connectivity index (χ2v) is 9.49. The van der Waals surface area contributed by atoms with Crippen molar-refractivity contribution in [1.29, 1.82) is 0 Å². The van der Waals surface area contributed by atoms with Gasteiger partial charge in [0.05, 0.1) is 23.1 Å². The van der Waals surface area contributed by atoms with E-state index < -0.39 is 22.0 Å². The van der Waals surface area contributed by atoms with Gasteiger partial charge in [0, 0.05) is 51.8 Å². The third-order valence-corrected chi connectivity index (χ3v) is 6.97. The van der Waals surface area contributed by atoms with Crippen LogP contribution in [0.4, 0.5) is 0 Å². The highest BCUT2D eigenvalue weighted by molar-refractivity contribution is 7.89. The zero-order chi connectivity index (χ0) is 20.5. The monoisotopic (exact) mass is 400 g/mol. The largest absolute Gasteiger partial charge is 0.391 e. The minimum Gasteiger partial charge on any atom is -0.391 e. The van der Waals surface area contributed by atoms with Gasteiger partial charge in [-0.25, -0.2) is 12.7 Å². The molecule has 1 N–H and O–H groups in total. The summed E-state index contributed by atoms with van der Waals surface area (Å²) in [6.07, 6.45) is -0.694. The molecule has 0 aromatic carbocycles. The molecule has 27 heavy (non-hydrogen) atoms. The number of aryl methyl sites for hydroxylation is 2. The molecule has 0 aliphatic carbocycles. The van der Waals surface area contributed by atoms with E-state index in [1.807, 2.05) is 0 Å². The molecule has 2 rings (SSSR count). The van der Waals surface area contributed by atoms with Crippen LogP contribution in [0.25, 0.3) is 0 Å². The van der Waals surface area contributed by atoms with E-state index in [-0.39, 0.29) is 37.0 Å². The summed E-state index contributed by atoms with van der Waals surface area (Å²) in [4.78, 5) is 25.7. The summed E-state index contributed by atoms with van der Waals surface area (Å²) in [5, 5.41) is 14.5. The lowest BCUT2D eigenvalue weighted by molar-refractivity contribution is -0.130. The van der Waals surface area contributed by atoms with Crippen LogP contribution in [0, 0.1) is 19.8 Å². The molecule has 1 aliphatic rings. The number of β-amino-alcohol motifs (C(OH)–C–C–N with tert-alkyl or cyclic N) is 1. The summed E-state index contributed by atoms with van der Waals surface area (Å²) in [6, 6.07) is 0. The molecule has 0 spiro atoms. The summed E-state index contributed by atoms with van der Waals surface area (Å²) < 4.78 is 26.8. The molecule has 0 radical (unpaired) electrons. The van der Waals surface area contributed by atoms with Crippen molar-refractivity contribution >= 4 is 21.7 Å². The third-order valence-electron chi connectivity index (χ3n) is 5.01. The van der Waals surface area contributed by atoms with Gasteiger partial charge in [-0.2, -0.15) is 5.10 Å². The number of rotatable bonds is 7. The molecule has 2 atom stereocenters. The number of aromatic nitrogens is 2. The molecule has 0 bridgehead atoms. The number of amides is 1. The standard InChI is InChI=1S/C17H28N4O5S/c1-11-17(13(3)22)12(2)21(18-11)7-6-16(24)20-8-14(15(23)9-20)10-27(25,26)19(4)5/h14-15,23H,6-10H2,1-5H3/t14-,15+/m0/s1. The van der Waals surface area contributed by atoms with Crippen molar-refractivity contribution in [2.75, 3.05) is 32.9 Å². The Labute approximate surface area is 160 Å². The minimum atomic E-state index is -3.45. The van der Waals surface area contributed by atoms with E-state index in [2.05, 4.69) is 5.10 Å². The van der Waals surface area contributed by atoms with Crippen molar-refractivity contribution in [3.63, 3.8) is 0 Å². The fraction of sp³-hybridized carbons (Fsp3) is 0.706. The second-order valence-electron chi connectivity index (χ2n) is 7.26. The van der Waals surface area contributed by atoms with Crippen LogP contribution in [-0.2, 0) is 21.4 Å². The Bertz CT molecular complexity index is 831. The summed E-state index contributed by atoms with van der Waals surface area (Å²) in [5.41, 5.74) is 1.94. The van der Waals surface area contributed by atoms with E-state index in [1.165, 1.54) is 25.9 Å². The third kappa shape index (κ3) is 4.74. The van der Waals surface area contributed by atoms with Crippen molar-refractivity contribution in [3.8, 4) is 0 Å². The highest BCUT2D eigenvalue weighted by Gasteiger charge is 2.37. The summed E-state index contributed by atoms with van der Waals surface area (Å²) in [5.74, 6) is -0.921. The predicted molar refractivity (Wildman–Crippen MR) is 99.9 cm³/mol. The fourth-order valence-corrected chi connectivity index (χ4v) is 4.59. The maximum absolute atomic E-state index is 12.5. The molecule has 2 heterocycles. The number of likely N-dealkylation sites (tertiary alicyclic amines) is 1. The Morgan fingerprint density at radius 3 is 2.41 bits per heavy atom. The van der Waals surface area contributed by atoms with Gasteiger partial charge in [0.1, 0.15) is 0 Å². The van der Waals surface area contributed by atoms with Gasteiger partial charge in [-0.3, -0.25) is 14.3 Å². The number of aliphatic hydroxyl groups excluding tert-OH is 1. The number of Topliss-reactive ketones (excluding diaryl/α,β-unsaturated/α-hetero) is 1. The Kier molecular flexibility index (Phi) is 6.43. The zero-order valence-electron chi connectivity index (χ0n) is 16.5. The number of ketones is 1. The Balaban J connectivity index is 1.98. The van der Waals surface area contributed by atoms with E-state index in [9.17, 15) is 23.1 Å². The smallest absolute Gasteiger partial charge is 0.224 e. The maximum Gasteiger partial charge on any atom is 0.224 e. The Hall–Kier alpha value is -1.78. The van der Waals surface area contributed by atoms with Gasteiger partial charge >= 0.3 is 0 Å². The summed E-state index contributed by atoms with van der Waals surface area (Å²) in [7, 11) is -0.550. The molecule has 1 fully saturated rings. The highest BCUT2D eigenvalue weighted by Crippen LogP contribution is 2.21. The first-order valence-electron chi connectivity index (χ1n) is 8.85. The molecule has 1 amide bonds. The van der Waals surface area contributed by atoms with Gasteiger partial charge in [-0.05, 0) is 20.8 Å². The molecular formula is C17H28N4O5S. The first kappa shape index (κ1) is 21.5. The van der Waals surface area contributed by atoms with Crippen LogP contribution in [0.15, 0.2) is 0 Å². The zero-order valence-corrected chi connectivity index (χ0v) is 17.3. The van der Waals surface area contributed by atoms with Crippen LogP contribution in [-0.4, -0.2) is 83.2 Å². The molecule has 1 aromatic heterocycles. The molecule has 1 saturated heterocycles. The Morgan fingerprint density at radius 1 is 1.26 bits per heavy atom. The molecule has 152 valence electrons. The highest BCUT2D eigenvalue weighted by atomic mass is 32.2. The van der Waals surface area contributed by atoms with Gasteiger partial charge in [-0.1, -0.05) is 0 Å². The van der Waals surface area contributed by atoms with Crippen LogP contribution in [0.1, 0.15) is 35.1 Å². The van der Waals surface area contributed by atoms with E-state index in [0.29, 0.717) is 17.8 Å². The van der Waals surface area contributed by atoms with Crippen molar-refractivity contribution in [3.05, 3.63) is 17.0 Å². The first-order chi connectivity index (χ1) is 12.4. The van der Waals surface area contributed by atoms with Crippen LogP contribution in [0.3, 0.4) is 0 Å². The van der Waals surface area contributed by atoms with E-state index in [4.69, 9.17) is 0 Å². The molecule has 1 aromatic rings. The van der Waals surface area contributed by atoms with Crippen molar-refractivity contribution in [1.82, 2.24) is 19.0 Å². The fourth-order valence-electron chi connectivity index (χ4n) is 3.42. The van der Waals surface area contributed by atoms with Crippen LogP contribution < -0.4 is 0 Å².